The van der Waals surface area contributed by atoms with Crippen molar-refractivity contribution in [2.24, 2.45) is 0 Å². The summed E-state index contributed by atoms with van der Waals surface area (Å²) in [4.78, 5) is 0. The van der Waals surface area contributed by atoms with E-state index < -0.39 is 0 Å². The molecule has 1 aromatic rings. The summed E-state index contributed by atoms with van der Waals surface area (Å²) < 4.78 is 5.93. The Hall–Kier alpha value is -0.950. The molecule has 15 heavy (non-hydrogen) atoms. The number of para-hydroxylation sites is 1. The Morgan fingerprint density at radius 2 is 2.27 bits per heavy atom. The first-order valence-electron chi connectivity index (χ1n) is 5.16. The molecule has 0 saturated heterocycles. The highest BCUT2D eigenvalue weighted by molar-refractivity contribution is 6.19. The van der Waals surface area contributed by atoms with Gasteiger partial charge in [-0.25, -0.2) is 0 Å². The Morgan fingerprint density at radius 3 is 3.00 bits per heavy atom. The predicted octanol–water partition coefficient (Wildman–Crippen LogP) is 3.65. The van der Waals surface area contributed by atoms with Gasteiger partial charge in [0.2, 0.25) is 0 Å². The van der Waals surface area contributed by atoms with Gasteiger partial charge in [0.1, 0.15) is 11.4 Å². The molecule has 1 heterocycles. The maximum Gasteiger partial charge on any atom is 0.130 e. The molecule has 2 heteroatoms. The van der Waals surface area contributed by atoms with Crippen LogP contribution in [0, 0.1) is 0 Å². The minimum Gasteiger partial charge on any atom is -0.487 e. The quantitative estimate of drug-likeness (QED) is 0.694. The Bertz CT molecular complexity index is 394. The van der Waals surface area contributed by atoms with E-state index in [4.69, 9.17) is 16.3 Å². The number of hydrogen-bond donors (Lipinski definition) is 0. The number of fused-ring (bicyclic) bond motifs is 1. The number of allylic oxidation sites excluding steroid dienone is 1. The molecule has 0 saturated carbocycles. The van der Waals surface area contributed by atoms with Crippen LogP contribution < -0.4 is 4.74 Å². The zero-order valence-electron chi connectivity index (χ0n) is 9.09. The first-order valence-corrected chi connectivity index (χ1v) is 5.69. The van der Waals surface area contributed by atoms with Crippen LogP contribution in [0.25, 0.3) is 6.08 Å². The van der Waals surface area contributed by atoms with Gasteiger partial charge in [-0.15, -0.1) is 11.6 Å². The SMILES string of the molecule is CC1(C)Cc2cccc(/C=C/CCl)c2O1. The van der Waals surface area contributed by atoms with Gasteiger partial charge in [0.25, 0.3) is 0 Å². The molecule has 0 radical (unpaired) electrons. The molecule has 0 amide bonds. The van der Waals surface area contributed by atoms with E-state index in [2.05, 4.69) is 32.0 Å². The predicted molar refractivity (Wildman–Crippen MR) is 64.6 cm³/mol. The average Bonchev–Trinajstić information content (AvgIpc) is 2.49. The maximum absolute atomic E-state index is 5.93. The lowest BCUT2D eigenvalue weighted by Crippen LogP contribution is -2.24. The second kappa shape index (κ2) is 3.90. The average molecular weight is 223 g/mol. The zero-order chi connectivity index (χ0) is 10.9. The van der Waals surface area contributed by atoms with Gasteiger partial charge < -0.3 is 4.74 Å². The van der Waals surface area contributed by atoms with E-state index in [0.717, 1.165) is 17.7 Å². The highest BCUT2D eigenvalue weighted by atomic mass is 35.5. The maximum atomic E-state index is 5.93. The van der Waals surface area contributed by atoms with Gasteiger partial charge in [-0.2, -0.15) is 0 Å². The van der Waals surface area contributed by atoms with Crippen LogP contribution in [-0.4, -0.2) is 11.5 Å². The van der Waals surface area contributed by atoms with Crippen LogP contribution in [0.1, 0.15) is 25.0 Å². The molecule has 0 atom stereocenters. The molecule has 1 aromatic carbocycles. The fraction of sp³-hybridized carbons (Fsp3) is 0.385. The van der Waals surface area contributed by atoms with Crippen molar-refractivity contribution in [3.05, 3.63) is 35.4 Å². The van der Waals surface area contributed by atoms with E-state index in [1.165, 1.54) is 5.56 Å². The summed E-state index contributed by atoms with van der Waals surface area (Å²) in [5, 5.41) is 0. The Kier molecular flexibility index (Phi) is 2.74. The van der Waals surface area contributed by atoms with Crippen molar-refractivity contribution in [2.75, 3.05) is 5.88 Å². The lowest BCUT2D eigenvalue weighted by atomic mass is 10.0. The minimum absolute atomic E-state index is 0.0761. The van der Waals surface area contributed by atoms with Crippen molar-refractivity contribution in [3.63, 3.8) is 0 Å². The van der Waals surface area contributed by atoms with Gasteiger partial charge in [0.05, 0.1) is 0 Å². The normalized spacial score (nSPS) is 17.8. The lowest BCUT2D eigenvalue weighted by Gasteiger charge is -2.17. The summed E-state index contributed by atoms with van der Waals surface area (Å²) in [6.45, 7) is 4.23. The third-order valence-corrected chi connectivity index (χ3v) is 2.69. The van der Waals surface area contributed by atoms with Crippen LogP contribution in [0.5, 0.6) is 5.75 Å². The Labute approximate surface area is 95.7 Å². The number of ether oxygens (including phenoxy) is 1. The van der Waals surface area contributed by atoms with Crippen molar-refractivity contribution in [1.82, 2.24) is 0 Å². The van der Waals surface area contributed by atoms with E-state index in [0.29, 0.717) is 5.88 Å². The topological polar surface area (TPSA) is 9.23 Å². The Morgan fingerprint density at radius 1 is 1.47 bits per heavy atom. The van der Waals surface area contributed by atoms with Gasteiger partial charge in [-0.3, -0.25) is 0 Å². The van der Waals surface area contributed by atoms with Crippen molar-refractivity contribution in [3.8, 4) is 5.75 Å². The smallest absolute Gasteiger partial charge is 0.130 e. The van der Waals surface area contributed by atoms with E-state index >= 15 is 0 Å². The van der Waals surface area contributed by atoms with Crippen LogP contribution in [0.4, 0.5) is 0 Å². The van der Waals surface area contributed by atoms with Gasteiger partial charge in [0.15, 0.2) is 0 Å². The number of benzene rings is 1. The van der Waals surface area contributed by atoms with Gasteiger partial charge in [-0.05, 0) is 19.4 Å². The molecule has 1 aliphatic heterocycles. The Balaban J connectivity index is 2.37. The first kappa shape index (κ1) is 10.6. The first-order chi connectivity index (χ1) is 7.12. The summed E-state index contributed by atoms with van der Waals surface area (Å²) in [6.07, 6.45) is 4.93. The van der Waals surface area contributed by atoms with E-state index in [1.807, 2.05) is 12.2 Å². The number of alkyl halides is 1. The van der Waals surface area contributed by atoms with Gasteiger partial charge in [0, 0.05) is 17.9 Å². The summed E-state index contributed by atoms with van der Waals surface area (Å²) in [7, 11) is 0. The van der Waals surface area contributed by atoms with Gasteiger partial charge in [-0.1, -0.05) is 30.4 Å². The highest BCUT2D eigenvalue weighted by Crippen LogP contribution is 2.37. The molecular weight excluding hydrogens is 208 g/mol. The number of hydrogen-bond acceptors (Lipinski definition) is 1. The summed E-state index contributed by atoms with van der Waals surface area (Å²) in [5.41, 5.74) is 2.34. The number of rotatable bonds is 2. The highest BCUT2D eigenvalue weighted by Gasteiger charge is 2.30. The largest absolute Gasteiger partial charge is 0.487 e. The molecule has 1 aliphatic rings. The van der Waals surface area contributed by atoms with Crippen LogP contribution >= 0.6 is 11.6 Å². The molecule has 2 rings (SSSR count). The fourth-order valence-electron chi connectivity index (χ4n) is 1.94. The molecule has 0 aromatic heterocycles. The number of halogens is 1. The summed E-state index contributed by atoms with van der Waals surface area (Å²) >= 11 is 5.63. The molecule has 0 fully saturated rings. The monoisotopic (exact) mass is 222 g/mol. The molecule has 0 bridgehead atoms. The molecule has 0 unspecified atom stereocenters. The van der Waals surface area contributed by atoms with Crippen molar-refractivity contribution < 1.29 is 4.74 Å². The van der Waals surface area contributed by atoms with Crippen LogP contribution in [-0.2, 0) is 6.42 Å². The van der Waals surface area contributed by atoms with Gasteiger partial charge >= 0.3 is 0 Å². The van der Waals surface area contributed by atoms with Crippen LogP contribution in [0.15, 0.2) is 24.3 Å². The summed E-state index contributed by atoms with van der Waals surface area (Å²) in [6, 6.07) is 6.25. The molecule has 1 nitrogen and oxygen atoms in total. The van der Waals surface area contributed by atoms with Crippen molar-refractivity contribution in [1.29, 1.82) is 0 Å². The molecule has 80 valence electrons. The second-order valence-corrected chi connectivity index (χ2v) is 4.74. The van der Waals surface area contributed by atoms with Crippen molar-refractivity contribution >= 4 is 17.7 Å². The summed E-state index contributed by atoms with van der Waals surface area (Å²) in [5.74, 6) is 1.55. The van der Waals surface area contributed by atoms with E-state index in [-0.39, 0.29) is 5.60 Å². The molecular formula is C13H15ClO. The lowest BCUT2D eigenvalue weighted by molar-refractivity contribution is 0.138. The minimum atomic E-state index is -0.0761. The second-order valence-electron chi connectivity index (χ2n) is 4.43. The zero-order valence-corrected chi connectivity index (χ0v) is 9.84. The van der Waals surface area contributed by atoms with Crippen LogP contribution in [0.3, 0.4) is 0 Å². The standard InChI is InChI=1S/C13H15ClO/c1-13(2)9-11-6-3-5-10(7-4-8-14)12(11)15-13/h3-7H,8-9H2,1-2H3/b7-4+. The van der Waals surface area contributed by atoms with E-state index in [9.17, 15) is 0 Å². The third kappa shape index (κ3) is 2.18. The fourth-order valence-corrected chi connectivity index (χ4v) is 2.03. The van der Waals surface area contributed by atoms with Crippen molar-refractivity contribution in [2.45, 2.75) is 25.9 Å². The molecule has 0 N–H and O–H groups in total. The molecule has 0 aliphatic carbocycles. The molecule has 0 spiro atoms. The van der Waals surface area contributed by atoms with E-state index in [1.54, 1.807) is 0 Å². The third-order valence-electron chi connectivity index (χ3n) is 2.51. The van der Waals surface area contributed by atoms with Crippen LogP contribution in [0.2, 0.25) is 0 Å².